The molecule has 1 heterocycles. The first-order chi connectivity index (χ1) is 10.3. The van der Waals surface area contributed by atoms with Crippen molar-refractivity contribution >= 4 is 16.5 Å². The third-order valence-electron chi connectivity index (χ3n) is 2.88. The standard InChI is InChI=1S/C14H26N2O4S/c1-4-19-8-6-16(7-9-20-5-2)14-15-12(11-18-3)13(10-17)21-14/h17H,4-11H2,1-3H3. The summed E-state index contributed by atoms with van der Waals surface area (Å²) in [6.07, 6.45) is 0. The van der Waals surface area contributed by atoms with E-state index in [0.29, 0.717) is 33.0 Å². The van der Waals surface area contributed by atoms with Crippen molar-refractivity contribution in [2.75, 3.05) is 51.5 Å². The zero-order chi connectivity index (χ0) is 15.5. The maximum Gasteiger partial charge on any atom is 0.186 e. The summed E-state index contributed by atoms with van der Waals surface area (Å²) in [7, 11) is 1.63. The van der Waals surface area contributed by atoms with Gasteiger partial charge < -0.3 is 24.2 Å². The van der Waals surface area contributed by atoms with E-state index in [1.165, 1.54) is 11.3 Å². The molecule has 0 aliphatic carbocycles. The maximum atomic E-state index is 9.42. The number of aromatic nitrogens is 1. The molecular formula is C14H26N2O4S. The number of anilines is 1. The van der Waals surface area contributed by atoms with Crippen LogP contribution in [0.3, 0.4) is 0 Å². The Bertz CT molecular complexity index is 377. The highest BCUT2D eigenvalue weighted by atomic mass is 32.1. The van der Waals surface area contributed by atoms with Gasteiger partial charge in [0.25, 0.3) is 0 Å². The van der Waals surface area contributed by atoms with Crippen LogP contribution in [-0.4, -0.2) is 56.7 Å². The molecule has 0 aliphatic rings. The number of nitrogens with zero attached hydrogens (tertiary/aromatic N) is 2. The summed E-state index contributed by atoms with van der Waals surface area (Å²) in [5.74, 6) is 0. The highest BCUT2D eigenvalue weighted by Gasteiger charge is 2.16. The van der Waals surface area contributed by atoms with Crippen LogP contribution in [-0.2, 0) is 27.4 Å². The molecule has 0 atom stereocenters. The maximum absolute atomic E-state index is 9.42. The average molecular weight is 318 g/mol. The summed E-state index contributed by atoms with van der Waals surface area (Å²) in [5.41, 5.74) is 0.804. The van der Waals surface area contributed by atoms with Gasteiger partial charge in [-0.25, -0.2) is 4.98 Å². The Balaban J connectivity index is 2.74. The van der Waals surface area contributed by atoms with Crippen molar-refractivity contribution in [1.29, 1.82) is 0 Å². The van der Waals surface area contributed by atoms with E-state index in [4.69, 9.17) is 14.2 Å². The lowest BCUT2D eigenvalue weighted by molar-refractivity contribution is 0.141. The number of thiazole rings is 1. The molecule has 1 aromatic heterocycles. The minimum atomic E-state index is -0.0128. The first-order valence-corrected chi connectivity index (χ1v) is 8.07. The van der Waals surface area contributed by atoms with Crippen LogP contribution in [0.4, 0.5) is 5.13 Å². The second-order valence-corrected chi connectivity index (χ2v) is 5.40. The molecule has 0 saturated heterocycles. The number of methoxy groups -OCH3 is 1. The molecule has 0 saturated carbocycles. The summed E-state index contributed by atoms with van der Waals surface area (Å²) in [6.45, 7) is 8.58. The lowest BCUT2D eigenvalue weighted by atomic mass is 10.4. The van der Waals surface area contributed by atoms with Gasteiger partial charge >= 0.3 is 0 Å². The molecule has 0 spiro atoms. The van der Waals surface area contributed by atoms with Crippen LogP contribution in [0.1, 0.15) is 24.4 Å². The quantitative estimate of drug-likeness (QED) is 0.591. The molecule has 0 unspecified atom stereocenters. The van der Waals surface area contributed by atoms with Crippen LogP contribution in [0.5, 0.6) is 0 Å². The normalized spacial score (nSPS) is 11.0. The van der Waals surface area contributed by atoms with E-state index in [2.05, 4.69) is 9.88 Å². The smallest absolute Gasteiger partial charge is 0.186 e. The van der Waals surface area contributed by atoms with Gasteiger partial charge in [-0.3, -0.25) is 0 Å². The molecule has 1 aromatic rings. The lowest BCUT2D eigenvalue weighted by Gasteiger charge is -2.21. The van der Waals surface area contributed by atoms with Gasteiger partial charge in [0.05, 0.1) is 37.0 Å². The minimum Gasteiger partial charge on any atom is -0.391 e. The van der Waals surface area contributed by atoms with Crippen molar-refractivity contribution in [3.05, 3.63) is 10.6 Å². The highest BCUT2D eigenvalue weighted by Crippen LogP contribution is 2.27. The summed E-state index contributed by atoms with van der Waals surface area (Å²) in [5, 5.41) is 10.3. The molecule has 0 bridgehead atoms. The Morgan fingerprint density at radius 1 is 1.14 bits per heavy atom. The molecule has 0 fully saturated rings. The van der Waals surface area contributed by atoms with Crippen LogP contribution in [0.2, 0.25) is 0 Å². The Kier molecular flexibility index (Phi) is 9.53. The molecule has 7 heteroatoms. The first-order valence-electron chi connectivity index (χ1n) is 7.25. The second kappa shape index (κ2) is 10.9. The van der Waals surface area contributed by atoms with Gasteiger partial charge in [-0.1, -0.05) is 11.3 Å². The van der Waals surface area contributed by atoms with Gasteiger partial charge in [0.1, 0.15) is 0 Å². The molecule has 0 radical (unpaired) electrons. The molecule has 1 rings (SSSR count). The average Bonchev–Trinajstić information content (AvgIpc) is 2.89. The summed E-state index contributed by atoms with van der Waals surface area (Å²) >= 11 is 1.50. The predicted molar refractivity (Wildman–Crippen MR) is 83.9 cm³/mol. The Morgan fingerprint density at radius 2 is 1.76 bits per heavy atom. The van der Waals surface area contributed by atoms with E-state index in [9.17, 15) is 5.11 Å². The summed E-state index contributed by atoms with van der Waals surface area (Å²) in [6, 6.07) is 0. The zero-order valence-electron chi connectivity index (χ0n) is 13.1. The zero-order valence-corrected chi connectivity index (χ0v) is 13.9. The van der Waals surface area contributed by atoms with Crippen LogP contribution in [0, 0.1) is 0 Å². The highest BCUT2D eigenvalue weighted by molar-refractivity contribution is 7.15. The van der Waals surface area contributed by atoms with E-state index in [0.717, 1.165) is 28.8 Å². The van der Waals surface area contributed by atoms with Crippen LogP contribution in [0.25, 0.3) is 0 Å². The van der Waals surface area contributed by atoms with E-state index in [1.807, 2.05) is 13.8 Å². The molecule has 6 nitrogen and oxygen atoms in total. The fourth-order valence-electron chi connectivity index (χ4n) is 1.82. The van der Waals surface area contributed by atoms with Crippen molar-refractivity contribution in [1.82, 2.24) is 4.98 Å². The number of hydrogen-bond donors (Lipinski definition) is 1. The molecule has 0 aliphatic heterocycles. The Morgan fingerprint density at radius 3 is 2.24 bits per heavy atom. The minimum absolute atomic E-state index is 0.0128. The van der Waals surface area contributed by atoms with Crippen molar-refractivity contribution in [3.8, 4) is 0 Å². The first kappa shape index (κ1) is 18.3. The molecule has 0 amide bonds. The molecule has 21 heavy (non-hydrogen) atoms. The topological polar surface area (TPSA) is 64.1 Å². The van der Waals surface area contributed by atoms with Gasteiger partial charge in [-0.05, 0) is 13.8 Å². The predicted octanol–water partition coefficient (Wildman–Crippen LogP) is 1.66. The number of hydrogen-bond acceptors (Lipinski definition) is 7. The van der Waals surface area contributed by atoms with Gasteiger partial charge in [0.2, 0.25) is 0 Å². The van der Waals surface area contributed by atoms with Gasteiger partial charge in [0, 0.05) is 33.4 Å². The van der Waals surface area contributed by atoms with E-state index >= 15 is 0 Å². The van der Waals surface area contributed by atoms with E-state index in [-0.39, 0.29) is 6.61 Å². The molecule has 1 N–H and O–H groups in total. The fraction of sp³-hybridized carbons (Fsp3) is 0.786. The van der Waals surface area contributed by atoms with Crippen LogP contribution >= 0.6 is 11.3 Å². The van der Waals surface area contributed by atoms with Crippen molar-refractivity contribution < 1.29 is 19.3 Å². The second-order valence-electron chi connectivity index (χ2n) is 4.34. The van der Waals surface area contributed by atoms with E-state index in [1.54, 1.807) is 7.11 Å². The van der Waals surface area contributed by atoms with Gasteiger partial charge in [-0.15, -0.1) is 0 Å². The number of aliphatic hydroxyl groups is 1. The van der Waals surface area contributed by atoms with Crippen molar-refractivity contribution in [2.24, 2.45) is 0 Å². The number of ether oxygens (including phenoxy) is 3. The molecular weight excluding hydrogens is 292 g/mol. The van der Waals surface area contributed by atoms with Crippen LogP contribution < -0.4 is 4.90 Å². The summed E-state index contributed by atoms with van der Waals surface area (Å²) in [4.78, 5) is 7.56. The Labute approximate surface area is 130 Å². The lowest BCUT2D eigenvalue weighted by Crippen LogP contribution is -2.31. The van der Waals surface area contributed by atoms with Gasteiger partial charge in [-0.2, -0.15) is 0 Å². The third kappa shape index (κ3) is 6.27. The Hall–Kier alpha value is -0.730. The molecule has 122 valence electrons. The largest absolute Gasteiger partial charge is 0.391 e. The van der Waals surface area contributed by atoms with Gasteiger partial charge in [0.15, 0.2) is 5.13 Å². The van der Waals surface area contributed by atoms with E-state index < -0.39 is 0 Å². The van der Waals surface area contributed by atoms with Crippen LogP contribution in [0.15, 0.2) is 0 Å². The third-order valence-corrected chi connectivity index (χ3v) is 4.02. The fourth-order valence-corrected chi connectivity index (χ4v) is 2.79. The van der Waals surface area contributed by atoms with Crippen molar-refractivity contribution in [3.63, 3.8) is 0 Å². The monoisotopic (exact) mass is 318 g/mol. The number of aliphatic hydroxyl groups excluding tert-OH is 1. The summed E-state index contributed by atoms with van der Waals surface area (Å²) < 4.78 is 16.0. The number of rotatable bonds is 12. The molecule has 0 aromatic carbocycles. The van der Waals surface area contributed by atoms with Crippen molar-refractivity contribution in [2.45, 2.75) is 27.1 Å². The SMILES string of the molecule is CCOCCN(CCOCC)c1nc(COC)c(CO)s1.